The molecule has 25 heavy (non-hydrogen) atoms. The molecule has 1 unspecified atom stereocenters. The van der Waals surface area contributed by atoms with Gasteiger partial charge in [-0.25, -0.2) is 0 Å². The third-order valence-corrected chi connectivity index (χ3v) is 4.52. The second-order valence-electron chi connectivity index (χ2n) is 7.62. The SMILES string of the molecule is CC(C)(C)c1noc(CCCC(=O)N2CCCC2c2ccccn2)n1. The molecule has 6 nitrogen and oxygen atoms in total. The molecule has 3 rings (SSSR count). The quantitative estimate of drug-likeness (QED) is 0.832. The van der Waals surface area contributed by atoms with Crippen molar-refractivity contribution in [3.8, 4) is 0 Å². The van der Waals surface area contributed by atoms with Crippen LogP contribution in [0.5, 0.6) is 0 Å². The summed E-state index contributed by atoms with van der Waals surface area (Å²) in [6, 6.07) is 6.00. The summed E-state index contributed by atoms with van der Waals surface area (Å²) in [5.41, 5.74) is 0.864. The van der Waals surface area contributed by atoms with Crippen molar-refractivity contribution in [1.29, 1.82) is 0 Å². The first-order valence-electron chi connectivity index (χ1n) is 8.98. The zero-order chi connectivity index (χ0) is 17.9. The maximum atomic E-state index is 12.6. The van der Waals surface area contributed by atoms with Gasteiger partial charge in [-0.05, 0) is 31.4 Å². The Morgan fingerprint density at radius 2 is 2.20 bits per heavy atom. The first-order valence-corrected chi connectivity index (χ1v) is 8.98. The Balaban J connectivity index is 1.53. The molecule has 1 amide bonds. The van der Waals surface area contributed by atoms with E-state index in [0.717, 1.165) is 31.5 Å². The predicted octanol–water partition coefficient (Wildman–Crippen LogP) is 3.45. The summed E-state index contributed by atoms with van der Waals surface area (Å²) in [5, 5.41) is 4.02. The predicted molar refractivity (Wildman–Crippen MR) is 93.9 cm³/mol. The van der Waals surface area contributed by atoms with E-state index in [2.05, 4.69) is 35.9 Å². The van der Waals surface area contributed by atoms with E-state index in [-0.39, 0.29) is 17.4 Å². The fraction of sp³-hybridized carbons (Fsp3) is 0.579. The molecule has 1 atom stereocenters. The van der Waals surface area contributed by atoms with Gasteiger partial charge in [-0.3, -0.25) is 9.78 Å². The van der Waals surface area contributed by atoms with Gasteiger partial charge in [-0.15, -0.1) is 0 Å². The lowest BCUT2D eigenvalue weighted by molar-refractivity contribution is -0.132. The monoisotopic (exact) mass is 342 g/mol. The normalized spacial score (nSPS) is 17.9. The zero-order valence-electron chi connectivity index (χ0n) is 15.2. The Labute approximate surface area is 148 Å². The van der Waals surface area contributed by atoms with Gasteiger partial charge in [0.1, 0.15) is 0 Å². The summed E-state index contributed by atoms with van der Waals surface area (Å²) in [6.07, 6.45) is 5.66. The van der Waals surface area contributed by atoms with Crippen molar-refractivity contribution in [2.75, 3.05) is 6.54 Å². The molecular weight excluding hydrogens is 316 g/mol. The Kier molecular flexibility index (Phi) is 5.16. The van der Waals surface area contributed by atoms with Crippen LogP contribution in [0.25, 0.3) is 0 Å². The first-order chi connectivity index (χ1) is 11.9. The summed E-state index contributed by atoms with van der Waals surface area (Å²) in [7, 11) is 0. The van der Waals surface area contributed by atoms with Crippen LogP contribution in [0.2, 0.25) is 0 Å². The molecule has 0 bridgehead atoms. The van der Waals surface area contributed by atoms with Crippen LogP contribution in [-0.2, 0) is 16.6 Å². The first kappa shape index (κ1) is 17.6. The van der Waals surface area contributed by atoms with Gasteiger partial charge in [0.2, 0.25) is 11.8 Å². The lowest BCUT2D eigenvalue weighted by atomic mass is 9.96. The van der Waals surface area contributed by atoms with Crippen molar-refractivity contribution in [3.63, 3.8) is 0 Å². The Morgan fingerprint density at radius 3 is 2.88 bits per heavy atom. The van der Waals surface area contributed by atoms with E-state index in [0.29, 0.717) is 24.6 Å². The van der Waals surface area contributed by atoms with E-state index in [9.17, 15) is 4.79 Å². The largest absolute Gasteiger partial charge is 0.339 e. The number of aromatic nitrogens is 3. The van der Waals surface area contributed by atoms with E-state index < -0.39 is 0 Å². The van der Waals surface area contributed by atoms with E-state index in [4.69, 9.17) is 4.52 Å². The third kappa shape index (κ3) is 4.24. The highest BCUT2D eigenvalue weighted by atomic mass is 16.5. The average Bonchev–Trinajstić information content (AvgIpc) is 3.24. The topological polar surface area (TPSA) is 72.1 Å². The second-order valence-corrected chi connectivity index (χ2v) is 7.62. The number of likely N-dealkylation sites (tertiary alicyclic amines) is 1. The van der Waals surface area contributed by atoms with Crippen LogP contribution in [0.4, 0.5) is 0 Å². The lowest BCUT2D eigenvalue weighted by Gasteiger charge is -2.24. The summed E-state index contributed by atoms with van der Waals surface area (Å²) in [6.45, 7) is 6.97. The molecule has 2 aromatic rings. The third-order valence-electron chi connectivity index (χ3n) is 4.52. The Morgan fingerprint density at radius 1 is 1.36 bits per heavy atom. The molecule has 0 N–H and O–H groups in total. The summed E-state index contributed by atoms with van der Waals surface area (Å²) in [4.78, 5) is 23.4. The van der Waals surface area contributed by atoms with E-state index in [1.54, 1.807) is 6.20 Å². The maximum Gasteiger partial charge on any atom is 0.226 e. The standard InChI is InChI=1S/C19H26N4O2/c1-19(2,3)18-21-16(25-22-18)10-6-11-17(24)23-13-7-9-15(23)14-8-4-5-12-20-14/h4-5,8,12,15H,6-7,9-11,13H2,1-3H3. The van der Waals surface area contributed by atoms with Crippen LogP contribution in [-0.4, -0.2) is 32.5 Å². The molecule has 0 aromatic carbocycles. The minimum Gasteiger partial charge on any atom is -0.339 e. The van der Waals surface area contributed by atoms with E-state index in [1.807, 2.05) is 23.1 Å². The minimum atomic E-state index is -0.122. The fourth-order valence-corrected chi connectivity index (χ4v) is 3.14. The van der Waals surface area contributed by atoms with E-state index >= 15 is 0 Å². The highest BCUT2D eigenvalue weighted by Gasteiger charge is 2.30. The maximum absolute atomic E-state index is 12.6. The molecule has 134 valence electrons. The van der Waals surface area contributed by atoms with Gasteiger partial charge >= 0.3 is 0 Å². The van der Waals surface area contributed by atoms with Crippen molar-refractivity contribution in [2.24, 2.45) is 0 Å². The molecule has 0 spiro atoms. The second kappa shape index (κ2) is 7.33. The molecule has 0 aliphatic carbocycles. The van der Waals surface area contributed by atoms with E-state index in [1.165, 1.54) is 0 Å². The molecule has 3 heterocycles. The van der Waals surface area contributed by atoms with Gasteiger partial charge in [0, 0.05) is 31.0 Å². The number of rotatable bonds is 5. The van der Waals surface area contributed by atoms with Gasteiger partial charge in [-0.1, -0.05) is 32.0 Å². The molecule has 2 aromatic heterocycles. The smallest absolute Gasteiger partial charge is 0.226 e. The van der Waals surface area contributed by atoms with Crippen LogP contribution in [0.3, 0.4) is 0 Å². The number of carbonyl (C=O) groups is 1. The van der Waals surface area contributed by atoms with Crippen molar-refractivity contribution in [1.82, 2.24) is 20.0 Å². The Bertz CT molecular complexity index is 706. The number of carbonyl (C=O) groups excluding carboxylic acids is 1. The van der Waals surface area contributed by atoms with Gasteiger partial charge in [-0.2, -0.15) is 4.98 Å². The van der Waals surface area contributed by atoms with Gasteiger partial charge in [0.15, 0.2) is 5.82 Å². The number of hydrogen-bond donors (Lipinski definition) is 0. The number of nitrogens with zero attached hydrogens (tertiary/aromatic N) is 4. The number of aryl methyl sites for hydroxylation is 1. The Hall–Kier alpha value is -2.24. The van der Waals surface area contributed by atoms with Gasteiger partial charge in [0.05, 0.1) is 11.7 Å². The minimum absolute atomic E-state index is 0.115. The summed E-state index contributed by atoms with van der Waals surface area (Å²) < 4.78 is 5.29. The number of pyridine rings is 1. The molecule has 6 heteroatoms. The van der Waals surface area contributed by atoms with Crippen LogP contribution in [0, 0.1) is 0 Å². The van der Waals surface area contributed by atoms with Crippen molar-refractivity contribution in [3.05, 3.63) is 41.8 Å². The number of amides is 1. The van der Waals surface area contributed by atoms with Crippen molar-refractivity contribution >= 4 is 5.91 Å². The fourth-order valence-electron chi connectivity index (χ4n) is 3.14. The van der Waals surface area contributed by atoms with Gasteiger partial charge < -0.3 is 9.42 Å². The van der Waals surface area contributed by atoms with Crippen LogP contribution in [0.15, 0.2) is 28.9 Å². The van der Waals surface area contributed by atoms with Crippen molar-refractivity contribution in [2.45, 2.75) is 64.3 Å². The van der Waals surface area contributed by atoms with Crippen LogP contribution < -0.4 is 0 Å². The zero-order valence-corrected chi connectivity index (χ0v) is 15.2. The average molecular weight is 342 g/mol. The van der Waals surface area contributed by atoms with Gasteiger partial charge in [0.25, 0.3) is 0 Å². The highest BCUT2D eigenvalue weighted by Crippen LogP contribution is 2.31. The molecule has 1 aliphatic heterocycles. The highest BCUT2D eigenvalue weighted by molar-refractivity contribution is 5.77. The van der Waals surface area contributed by atoms with Crippen molar-refractivity contribution < 1.29 is 9.32 Å². The molecule has 1 saturated heterocycles. The lowest BCUT2D eigenvalue weighted by Crippen LogP contribution is -2.30. The summed E-state index contributed by atoms with van der Waals surface area (Å²) >= 11 is 0. The van der Waals surface area contributed by atoms with Crippen LogP contribution in [0.1, 0.15) is 69.9 Å². The molecular formula is C19H26N4O2. The molecule has 1 aliphatic rings. The number of hydrogen-bond acceptors (Lipinski definition) is 5. The summed E-state index contributed by atoms with van der Waals surface area (Å²) in [5.74, 6) is 1.51. The molecule has 0 saturated carbocycles. The molecule has 0 radical (unpaired) electrons. The van der Waals surface area contributed by atoms with Crippen LogP contribution >= 0.6 is 0 Å². The molecule has 1 fully saturated rings.